The van der Waals surface area contributed by atoms with Crippen LogP contribution >= 0.6 is 0 Å². The summed E-state index contributed by atoms with van der Waals surface area (Å²) in [6.45, 7) is 1.79. The number of anilines is 1. The van der Waals surface area contributed by atoms with Gasteiger partial charge in [0.1, 0.15) is 17.3 Å². The molecule has 0 unspecified atom stereocenters. The van der Waals surface area contributed by atoms with Crippen LogP contribution in [0.1, 0.15) is 5.56 Å². The summed E-state index contributed by atoms with van der Waals surface area (Å²) in [5.74, 6) is -0.819. The quantitative estimate of drug-likeness (QED) is 0.769. The number of nitrogens with zero attached hydrogens (tertiary/aromatic N) is 1. The molecule has 3 nitrogen and oxygen atoms in total. The van der Waals surface area contributed by atoms with E-state index in [9.17, 15) is 8.78 Å². The molecule has 0 fully saturated rings. The lowest BCUT2D eigenvalue weighted by Gasteiger charge is -2.05. The molecular formula is C16H12F2N2O. The fourth-order valence-electron chi connectivity index (χ4n) is 2.22. The lowest BCUT2D eigenvalue weighted by Crippen LogP contribution is -1.91. The molecule has 2 aromatic carbocycles. The molecule has 0 spiro atoms. The lowest BCUT2D eigenvalue weighted by atomic mass is 10.00. The Bertz CT molecular complexity index is 812. The summed E-state index contributed by atoms with van der Waals surface area (Å²) in [5, 5.41) is 3.82. The van der Waals surface area contributed by atoms with Crippen molar-refractivity contribution in [3.05, 3.63) is 59.7 Å². The van der Waals surface area contributed by atoms with Gasteiger partial charge in [0.15, 0.2) is 0 Å². The molecule has 0 saturated heterocycles. The maximum Gasteiger partial charge on any atom is 0.230 e. The van der Waals surface area contributed by atoms with Gasteiger partial charge in [0.2, 0.25) is 5.88 Å². The molecule has 1 heterocycles. The minimum atomic E-state index is -0.430. The second-order valence-electron chi connectivity index (χ2n) is 4.76. The number of nitrogen functional groups attached to an aromatic ring is 1. The van der Waals surface area contributed by atoms with Crippen molar-refractivity contribution >= 4 is 5.88 Å². The van der Waals surface area contributed by atoms with Crippen molar-refractivity contribution in [2.24, 2.45) is 0 Å². The molecule has 2 N–H and O–H groups in total. The summed E-state index contributed by atoms with van der Waals surface area (Å²) >= 11 is 0. The zero-order valence-corrected chi connectivity index (χ0v) is 11.2. The molecule has 21 heavy (non-hydrogen) atoms. The minimum absolute atomic E-state index is 0.0237. The van der Waals surface area contributed by atoms with E-state index in [1.165, 1.54) is 18.2 Å². The molecule has 0 bridgehead atoms. The van der Waals surface area contributed by atoms with Gasteiger partial charge in [-0.05, 0) is 42.3 Å². The number of nitrogens with two attached hydrogens (primary N) is 1. The number of hydrogen-bond donors (Lipinski definition) is 1. The molecular weight excluding hydrogens is 274 g/mol. The van der Waals surface area contributed by atoms with E-state index >= 15 is 0 Å². The van der Waals surface area contributed by atoms with Gasteiger partial charge in [-0.25, -0.2) is 8.78 Å². The van der Waals surface area contributed by atoms with E-state index in [1.54, 1.807) is 31.2 Å². The van der Waals surface area contributed by atoms with Crippen LogP contribution in [0.4, 0.5) is 14.7 Å². The highest BCUT2D eigenvalue weighted by Crippen LogP contribution is 2.37. The first-order valence-corrected chi connectivity index (χ1v) is 6.34. The maximum atomic E-state index is 14.1. The Balaban J connectivity index is 2.22. The Morgan fingerprint density at radius 3 is 2.62 bits per heavy atom. The van der Waals surface area contributed by atoms with Crippen LogP contribution in [0.25, 0.3) is 22.4 Å². The number of rotatable bonds is 2. The number of aromatic nitrogens is 1. The molecule has 0 aliphatic heterocycles. The highest BCUT2D eigenvalue weighted by atomic mass is 19.1. The van der Waals surface area contributed by atoms with Crippen LogP contribution in [-0.2, 0) is 0 Å². The van der Waals surface area contributed by atoms with Crippen LogP contribution in [0.5, 0.6) is 0 Å². The van der Waals surface area contributed by atoms with Crippen LogP contribution in [0.15, 0.2) is 47.0 Å². The summed E-state index contributed by atoms with van der Waals surface area (Å²) < 4.78 is 32.5. The fraction of sp³-hybridized carbons (Fsp3) is 0.0625. The van der Waals surface area contributed by atoms with E-state index in [1.807, 2.05) is 0 Å². The smallest absolute Gasteiger partial charge is 0.230 e. The molecule has 0 saturated carbocycles. The first kappa shape index (κ1) is 13.3. The summed E-state index contributed by atoms with van der Waals surface area (Å²) in [5.41, 5.74) is 7.96. The topological polar surface area (TPSA) is 52.0 Å². The highest BCUT2D eigenvalue weighted by molar-refractivity contribution is 5.87. The first-order valence-electron chi connectivity index (χ1n) is 6.34. The largest absolute Gasteiger partial charge is 0.367 e. The predicted molar refractivity (Wildman–Crippen MR) is 76.4 cm³/mol. The Hall–Kier alpha value is -2.69. The molecule has 1 aromatic heterocycles. The number of hydrogen-bond acceptors (Lipinski definition) is 3. The normalized spacial score (nSPS) is 10.8. The Morgan fingerprint density at radius 2 is 1.90 bits per heavy atom. The molecule has 0 radical (unpaired) electrons. The Labute approximate surface area is 120 Å². The number of halogens is 2. The van der Waals surface area contributed by atoms with Crippen molar-refractivity contribution < 1.29 is 13.3 Å². The van der Waals surface area contributed by atoms with Gasteiger partial charge in [0.05, 0.1) is 5.56 Å². The van der Waals surface area contributed by atoms with E-state index in [4.69, 9.17) is 10.3 Å². The molecule has 0 atom stereocenters. The van der Waals surface area contributed by atoms with Gasteiger partial charge < -0.3 is 10.3 Å². The average molecular weight is 286 g/mol. The second kappa shape index (κ2) is 5.01. The van der Waals surface area contributed by atoms with Gasteiger partial charge in [-0.15, -0.1) is 0 Å². The third-order valence-electron chi connectivity index (χ3n) is 3.21. The van der Waals surface area contributed by atoms with Gasteiger partial charge in [-0.1, -0.05) is 23.4 Å². The molecule has 0 aliphatic carbocycles. The third-order valence-corrected chi connectivity index (χ3v) is 3.21. The molecule has 106 valence electrons. The SMILES string of the molecule is Cc1ccc(-c2noc(N)c2-c2cccc(F)c2)c(F)c1. The molecule has 3 aromatic rings. The van der Waals surface area contributed by atoms with Crippen LogP contribution in [0, 0.1) is 18.6 Å². The summed E-state index contributed by atoms with van der Waals surface area (Å²) in [7, 11) is 0. The van der Waals surface area contributed by atoms with E-state index in [2.05, 4.69) is 5.16 Å². The van der Waals surface area contributed by atoms with Gasteiger partial charge in [0.25, 0.3) is 0 Å². The van der Waals surface area contributed by atoms with Gasteiger partial charge in [-0.2, -0.15) is 0 Å². The Morgan fingerprint density at radius 1 is 1.10 bits per heavy atom. The third kappa shape index (κ3) is 2.38. The van der Waals surface area contributed by atoms with Crippen molar-refractivity contribution in [2.45, 2.75) is 6.92 Å². The highest BCUT2D eigenvalue weighted by Gasteiger charge is 2.20. The van der Waals surface area contributed by atoms with Crippen LogP contribution in [0.2, 0.25) is 0 Å². The molecule has 0 amide bonds. The van der Waals surface area contributed by atoms with Gasteiger partial charge in [0, 0.05) is 5.56 Å². The lowest BCUT2D eigenvalue weighted by molar-refractivity contribution is 0.439. The van der Waals surface area contributed by atoms with E-state index < -0.39 is 11.6 Å². The van der Waals surface area contributed by atoms with E-state index in [0.717, 1.165) is 5.56 Å². The maximum absolute atomic E-state index is 14.1. The second-order valence-corrected chi connectivity index (χ2v) is 4.76. The van der Waals surface area contributed by atoms with Crippen LogP contribution in [0.3, 0.4) is 0 Å². The fourth-order valence-corrected chi connectivity index (χ4v) is 2.22. The Kier molecular flexibility index (Phi) is 3.17. The van der Waals surface area contributed by atoms with E-state index in [0.29, 0.717) is 11.1 Å². The van der Waals surface area contributed by atoms with Gasteiger partial charge in [-0.3, -0.25) is 0 Å². The zero-order chi connectivity index (χ0) is 15.0. The summed E-state index contributed by atoms with van der Waals surface area (Å²) in [6, 6.07) is 10.6. The molecule has 5 heteroatoms. The summed E-state index contributed by atoms with van der Waals surface area (Å²) in [4.78, 5) is 0. The predicted octanol–water partition coefficient (Wildman–Crippen LogP) is 4.18. The van der Waals surface area contributed by atoms with Crippen LogP contribution in [-0.4, -0.2) is 5.16 Å². The van der Waals surface area contributed by atoms with Crippen molar-refractivity contribution in [1.29, 1.82) is 0 Å². The monoisotopic (exact) mass is 286 g/mol. The standard InChI is InChI=1S/C16H12F2N2O/c1-9-5-6-12(13(18)7-9)15-14(16(19)21-20-15)10-3-2-4-11(17)8-10/h2-8H,19H2,1H3. The first-order chi connectivity index (χ1) is 10.1. The van der Waals surface area contributed by atoms with Crippen molar-refractivity contribution in [3.63, 3.8) is 0 Å². The van der Waals surface area contributed by atoms with Crippen molar-refractivity contribution in [3.8, 4) is 22.4 Å². The number of aryl methyl sites for hydroxylation is 1. The van der Waals surface area contributed by atoms with Crippen molar-refractivity contribution in [2.75, 3.05) is 5.73 Å². The number of benzene rings is 2. The van der Waals surface area contributed by atoms with E-state index in [-0.39, 0.29) is 17.1 Å². The molecule has 3 rings (SSSR count). The minimum Gasteiger partial charge on any atom is -0.367 e. The van der Waals surface area contributed by atoms with Crippen LogP contribution < -0.4 is 5.73 Å². The zero-order valence-electron chi connectivity index (χ0n) is 11.2. The summed E-state index contributed by atoms with van der Waals surface area (Å²) in [6.07, 6.45) is 0. The molecule has 0 aliphatic rings. The van der Waals surface area contributed by atoms with Crippen molar-refractivity contribution in [1.82, 2.24) is 5.16 Å². The van der Waals surface area contributed by atoms with Gasteiger partial charge >= 0.3 is 0 Å². The average Bonchev–Trinajstić information content (AvgIpc) is 2.80.